The second kappa shape index (κ2) is 6.34. The van der Waals surface area contributed by atoms with Gasteiger partial charge in [0.15, 0.2) is 0 Å². The van der Waals surface area contributed by atoms with Gasteiger partial charge in [-0.3, -0.25) is 10.4 Å². The van der Waals surface area contributed by atoms with Crippen LogP contribution in [0.1, 0.15) is 41.8 Å². The number of nitrogens with zero attached hydrogens (tertiary/aromatic N) is 4. The first-order chi connectivity index (χ1) is 11.4. The first-order valence-electron chi connectivity index (χ1n) is 8.08. The lowest BCUT2D eigenvalue weighted by Gasteiger charge is -2.19. The van der Waals surface area contributed by atoms with E-state index in [9.17, 15) is 0 Å². The van der Waals surface area contributed by atoms with Crippen LogP contribution in [0, 0.1) is 0 Å². The smallest absolute Gasteiger partial charge is 0.145 e. The Morgan fingerprint density at radius 1 is 1.17 bits per heavy atom. The van der Waals surface area contributed by atoms with E-state index in [1.807, 2.05) is 24.4 Å². The first-order valence-corrected chi connectivity index (χ1v) is 8.08. The third-order valence-electron chi connectivity index (χ3n) is 4.38. The van der Waals surface area contributed by atoms with E-state index in [2.05, 4.69) is 42.2 Å². The van der Waals surface area contributed by atoms with Crippen LogP contribution >= 0.6 is 0 Å². The molecule has 0 saturated heterocycles. The molecule has 23 heavy (non-hydrogen) atoms. The second-order valence-electron chi connectivity index (χ2n) is 5.87. The van der Waals surface area contributed by atoms with Crippen molar-refractivity contribution >= 4 is 0 Å². The van der Waals surface area contributed by atoms with Crippen LogP contribution in [0.4, 0.5) is 0 Å². The minimum absolute atomic E-state index is 0.00607. The molecule has 6 nitrogen and oxygen atoms in total. The molecule has 118 valence electrons. The SMILES string of the molecule is c1ccc([C@@H](NCc2cnc3n2CCCC3)c2ncn[nH]2)cc1. The van der Waals surface area contributed by atoms with Crippen LogP contribution in [-0.4, -0.2) is 24.7 Å². The number of rotatable bonds is 5. The normalized spacial score (nSPS) is 15.3. The van der Waals surface area contributed by atoms with Gasteiger partial charge in [0, 0.05) is 25.7 Å². The number of aromatic amines is 1. The van der Waals surface area contributed by atoms with Crippen LogP contribution in [0.2, 0.25) is 0 Å². The molecule has 0 spiro atoms. The maximum absolute atomic E-state index is 4.56. The molecular formula is C17H20N6. The Balaban J connectivity index is 1.56. The monoisotopic (exact) mass is 308 g/mol. The van der Waals surface area contributed by atoms with Crippen LogP contribution in [-0.2, 0) is 19.5 Å². The summed E-state index contributed by atoms with van der Waals surface area (Å²) in [5.41, 5.74) is 2.41. The van der Waals surface area contributed by atoms with Gasteiger partial charge in [0.05, 0.1) is 11.7 Å². The van der Waals surface area contributed by atoms with E-state index in [1.165, 1.54) is 29.9 Å². The summed E-state index contributed by atoms with van der Waals surface area (Å²) in [6.07, 6.45) is 7.11. The second-order valence-corrected chi connectivity index (χ2v) is 5.87. The van der Waals surface area contributed by atoms with Crippen LogP contribution in [0.25, 0.3) is 0 Å². The third-order valence-corrected chi connectivity index (χ3v) is 4.38. The highest BCUT2D eigenvalue weighted by Gasteiger charge is 2.19. The van der Waals surface area contributed by atoms with Gasteiger partial charge < -0.3 is 4.57 Å². The molecule has 0 bridgehead atoms. The summed E-state index contributed by atoms with van der Waals surface area (Å²) in [4.78, 5) is 8.89. The predicted octanol–water partition coefficient (Wildman–Crippen LogP) is 2.22. The number of fused-ring (bicyclic) bond motifs is 1. The van der Waals surface area contributed by atoms with Gasteiger partial charge in [-0.1, -0.05) is 30.3 Å². The van der Waals surface area contributed by atoms with Crippen LogP contribution in [0.5, 0.6) is 0 Å². The van der Waals surface area contributed by atoms with Gasteiger partial charge in [0.1, 0.15) is 18.0 Å². The fraction of sp³-hybridized carbons (Fsp3) is 0.353. The molecule has 0 aliphatic carbocycles. The van der Waals surface area contributed by atoms with Crippen LogP contribution < -0.4 is 5.32 Å². The zero-order valence-electron chi connectivity index (χ0n) is 12.9. The van der Waals surface area contributed by atoms with Crippen molar-refractivity contribution in [3.05, 3.63) is 65.8 Å². The quantitative estimate of drug-likeness (QED) is 0.758. The van der Waals surface area contributed by atoms with E-state index in [0.29, 0.717) is 0 Å². The van der Waals surface area contributed by atoms with Crippen LogP contribution in [0.3, 0.4) is 0 Å². The van der Waals surface area contributed by atoms with E-state index in [0.717, 1.165) is 25.3 Å². The van der Waals surface area contributed by atoms with Gasteiger partial charge in [-0.05, 0) is 18.4 Å². The fourth-order valence-corrected chi connectivity index (χ4v) is 3.20. The van der Waals surface area contributed by atoms with Gasteiger partial charge in [0.25, 0.3) is 0 Å². The largest absolute Gasteiger partial charge is 0.331 e. The molecule has 1 aromatic carbocycles. The molecule has 0 fully saturated rings. The number of nitrogens with one attached hydrogen (secondary N) is 2. The lowest BCUT2D eigenvalue weighted by atomic mass is 10.1. The van der Waals surface area contributed by atoms with Gasteiger partial charge in [-0.2, -0.15) is 5.10 Å². The molecule has 4 rings (SSSR count). The number of imidazole rings is 1. The molecule has 0 radical (unpaired) electrons. The highest BCUT2D eigenvalue weighted by atomic mass is 15.2. The van der Waals surface area contributed by atoms with E-state index in [4.69, 9.17) is 0 Å². The highest BCUT2D eigenvalue weighted by molar-refractivity contribution is 5.24. The Kier molecular flexibility index (Phi) is 3.90. The van der Waals surface area contributed by atoms with E-state index in [1.54, 1.807) is 6.33 Å². The van der Waals surface area contributed by atoms with Crippen molar-refractivity contribution in [2.24, 2.45) is 0 Å². The molecule has 1 aliphatic rings. The van der Waals surface area contributed by atoms with Crippen LogP contribution in [0.15, 0.2) is 42.9 Å². The number of aryl methyl sites for hydroxylation is 1. The summed E-state index contributed by atoms with van der Waals surface area (Å²) in [6.45, 7) is 1.83. The predicted molar refractivity (Wildman–Crippen MR) is 86.7 cm³/mol. The number of aromatic nitrogens is 5. The summed E-state index contributed by atoms with van der Waals surface area (Å²) in [6, 6.07) is 10.3. The van der Waals surface area contributed by atoms with E-state index >= 15 is 0 Å². The van der Waals surface area contributed by atoms with Gasteiger partial charge in [-0.25, -0.2) is 9.97 Å². The van der Waals surface area contributed by atoms with Crippen molar-refractivity contribution < 1.29 is 0 Å². The number of hydrogen-bond donors (Lipinski definition) is 2. The fourth-order valence-electron chi connectivity index (χ4n) is 3.20. The van der Waals surface area contributed by atoms with Gasteiger partial charge in [-0.15, -0.1) is 0 Å². The molecule has 2 aromatic heterocycles. The summed E-state index contributed by atoms with van der Waals surface area (Å²) in [7, 11) is 0. The summed E-state index contributed by atoms with van der Waals surface area (Å²) < 4.78 is 2.35. The van der Waals surface area contributed by atoms with Crippen molar-refractivity contribution in [1.82, 2.24) is 30.0 Å². The van der Waals surface area contributed by atoms with Crippen molar-refractivity contribution in [3.63, 3.8) is 0 Å². The standard InChI is InChI=1S/C17H20N6/c1-2-6-13(7-3-1)16(17-20-12-21-22-17)19-11-14-10-18-15-8-4-5-9-23(14)15/h1-3,6-7,10,12,16,19H,4-5,8-9,11H2,(H,20,21,22)/t16-/m1/s1. The Labute approximate surface area is 135 Å². The molecule has 0 amide bonds. The summed E-state index contributed by atoms with van der Waals surface area (Å²) in [5.74, 6) is 2.04. The lowest BCUT2D eigenvalue weighted by Crippen LogP contribution is -2.25. The minimum atomic E-state index is -0.00607. The maximum Gasteiger partial charge on any atom is 0.145 e. The molecule has 3 heterocycles. The summed E-state index contributed by atoms with van der Waals surface area (Å²) in [5, 5.41) is 10.6. The van der Waals surface area contributed by atoms with Crippen molar-refractivity contribution in [1.29, 1.82) is 0 Å². The minimum Gasteiger partial charge on any atom is -0.331 e. The molecule has 3 aromatic rings. The molecular weight excluding hydrogens is 288 g/mol. The number of hydrogen-bond acceptors (Lipinski definition) is 4. The Morgan fingerprint density at radius 2 is 2.09 bits per heavy atom. The van der Waals surface area contributed by atoms with E-state index in [-0.39, 0.29) is 6.04 Å². The average Bonchev–Trinajstić information content (AvgIpc) is 3.26. The van der Waals surface area contributed by atoms with Gasteiger partial charge in [0.2, 0.25) is 0 Å². The average molecular weight is 308 g/mol. The van der Waals surface area contributed by atoms with Crippen molar-refractivity contribution in [2.75, 3.05) is 0 Å². The Hall–Kier alpha value is -2.47. The lowest BCUT2D eigenvalue weighted by molar-refractivity contribution is 0.488. The molecule has 2 N–H and O–H groups in total. The third kappa shape index (κ3) is 2.90. The Bertz CT molecular complexity index is 747. The highest BCUT2D eigenvalue weighted by Crippen LogP contribution is 2.20. The van der Waals surface area contributed by atoms with E-state index < -0.39 is 0 Å². The molecule has 1 aliphatic heterocycles. The first kappa shape index (κ1) is 14.1. The zero-order chi connectivity index (χ0) is 15.5. The molecule has 1 atom stereocenters. The Morgan fingerprint density at radius 3 is 2.91 bits per heavy atom. The zero-order valence-corrected chi connectivity index (χ0v) is 12.9. The molecule has 0 saturated carbocycles. The van der Waals surface area contributed by atoms with Crippen molar-refractivity contribution in [3.8, 4) is 0 Å². The van der Waals surface area contributed by atoms with Crippen molar-refractivity contribution in [2.45, 2.75) is 38.4 Å². The number of H-pyrrole nitrogens is 1. The maximum atomic E-state index is 4.56. The number of benzene rings is 1. The molecule has 6 heteroatoms. The molecule has 0 unspecified atom stereocenters. The topological polar surface area (TPSA) is 71.4 Å². The van der Waals surface area contributed by atoms with Gasteiger partial charge >= 0.3 is 0 Å². The summed E-state index contributed by atoms with van der Waals surface area (Å²) >= 11 is 0.